The lowest BCUT2D eigenvalue weighted by Crippen LogP contribution is -2.30. The first-order valence-electron chi connectivity index (χ1n) is 7.66. The van der Waals surface area contributed by atoms with Crippen LogP contribution in [0, 0.1) is 6.92 Å². The highest BCUT2D eigenvalue weighted by molar-refractivity contribution is 7.92. The Labute approximate surface area is 135 Å². The van der Waals surface area contributed by atoms with Crippen molar-refractivity contribution in [1.29, 1.82) is 0 Å². The summed E-state index contributed by atoms with van der Waals surface area (Å²) in [4.78, 5) is 4.11. The van der Waals surface area contributed by atoms with Gasteiger partial charge in [0.25, 0.3) is 0 Å². The second kappa shape index (κ2) is 6.72. The Morgan fingerprint density at radius 2 is 2.22 bits per heavy atom. The molecule has 1 N–H and O–H groups in total. The average Bonchev–Trinajstić information content (AvgIpc) is 3.03. The van der Waals surface area contributed by atoms with Crippen LogP contribution in [0.2, 0.25) is 0 Å². The molecule has 2 aromatic rings. The lowest BCUT2D eigenvalue weighted by Gasteiger charge is -2.22. The van der Waals surface area contributed by atoms with Crippen molar-refractivity contribution in [2.24, 2.45) is 0 Å². The molecule has 0 aliphatic carbocycles. The molecule has 0 radical (unpaired) electrons. The zero-order chi connectivity index (χ0) is 16.3. The van der Waals surface area contributed by atoms with E-state index in [0.717, 1.165) is 30.4 Å². The van der Waals surface area contributed by atoms with Gasteiger partial charge in [-0.25, -0.2) is 13.4 Å². The highest BCUT2D eigenvalue weighted by Crippen LogP contribution is 2.26. The van der Waals surface area contributed by atoms with Crippen molar-refractivity contribution >= 4 is 15.7 Å². The molecule has 6 nitrogen and oxygen atoms in total. The van der Waals surface area contributed by atoms with Crippen LogP contribution in [0.1, 0.15) is 24.8 Å². The van der Waals surface area contributed by atoms with Gasteiger partial charge in [-0.2, -0.15) is 0 Å². The monoisotopic (exact) mass is 336 g/mol. The van der Waals surface area contributed by atoms with Crippen LogP contribution in [0.3, 0.4) is 0 Å². The van der Waals surface area contributed by atoms with E-state index in [0.29, 0.717) is 18.2 Å². The van der Waals surface area contributed by atoms with E-state index in [9.17, 15) is 8.42 Å². The van der Waals surface area contributed by atoms with Crippen LogP contribution >= 0.6 is 0 Å². The van der Waals surface area contributed by atoms with Crippen LogP contribution in [0.5, 0.6) is 0 Å². The number of aromatic nitrogens is 1. The topological polar surface area (TPSA) is 81.4 Å². The molecule has 0 bridgehead atoms. The van der Waals surface area contributed by atoms with E-state index in [1.165, 1.54) is 6.26 Å². The van der Waals surface area contributed by atoms with Crippen molar-refractivity contribution < 1.29 is 17.6 Å². The van der Waals surface area contributed by atoms with Gasteiger partial charge in [0.15, 0.2) is 0 Å². The van der Waals surface area contributed by atoms with Crippen molar-refractivity contribution in [2.45, 2.75) is 32.3 Å². The van der Waals surface area contributed by atoms with Gasteiger partial charge < -0.3 is 9.15 Å². The zero-order valence-electron chi connectivity index (χ0n) is 13.0. The number of aryl methyl sites for hydroxylation is 1. The van der Waals surface area contributed by atoms with E-state index in [1.54, 1.807) is 18.3 Å². The van der Waals surface area contributed by atoms with Crippen molar-refractivity contribution in [3.05, 3.63) is 36.2 Å². The van der Waals surface area contributed by atoms with Gasteiger partial charge in [0.1, 0.15) is 6.26 Å². The largest absolute Gasteiger partial charge is 0.445 e. The van der Waals surface area contributed by atoms with Crippen LogP contribution in [0.15, 0.2) is 35.1 Å². The Hall–Kier alpha value is -1.86. The van der Waals surface area contributed by atoms with Gasteiger partial charge in [0.2, 0.25) is 15.9 Å². The van der Waals surface area contributed by atoms with Gasteiger partial charge in [-0.1, -0.05) is 6.07 Å². The highest BCUT2D eigenvalue weighted by atomic mass is 32.2. The number of hydrogen-bond donors (Lipinski definition) is 1. The molecule has 124 valence electrons. The molecule has 1 aliphatic rings. The number of nitrogens with one attached hydrogen (secondary N) is 1. The second-order valence-electron chi connectivity index (χ2n) is 5.74. The number of nitrogens with zero attached hydrogens (tertiary/aromatic N) is 1. The molecule has 0 unspecified atom stereocenters. The molecule has 0 amide bonds. The van der Waals surface area contributed by atoms with Crippen LogP contribution in [-0.2, 0) is 14.8 Å². The first kappa shape index (κ1) is 16.0. The predicted octanol–water partition coefficient (Wildman–Crippen LogP) is 2.96. The fraction of sp³-hybridized carbons (Fsp3) is 0.438. The standard InChI is InChI=1S/C16H20N2O4S/c1-12-5-6-13(10-15(12)16-17-7-9-22-16)18-23(19,20)11-14-4-2-3-8-21-14/h5-7,9-10,14,18H,2-4,8,11H2,1H3/t14-/m0/s1. The molecule has 0 spiro atoms. The first-order valence-corrected chi connectivity index (χ1v) is 9.31. The quantitative estimate of drug-likeness (QED) is 0.908. The van der Waals surface area contributed by atoms with E-state index >= 15 is 0 Å². The molecular weight excluding hydrogens is 316 g/mol. The van der Waals surface area contributed by atoms with Crippen LogP contribution in [-0.4, -0.2) is 31.9 Å². The lowest BCUT2D eigenvalue weighted by molar-refractivity contribution is 0.0306. The van der Waals surface area contributed by atoms with Crippen LogP contribution in [0.4, 0.5) is 5.69 Å². The first-order chi connectivity index (χ1) is 11.0. The third-order valence-electron chi connectivity index (χ3n) is 3.85. The predicted molar refractivity (Wildman–Crippen MR) is 87.7 cm³/mol. The summed E-state index contributed by atoms with van der Waals surface area (Å²) in [6, 6.07) is 5.32. The molecular formula is C16H20N2O4S. The smallest absolute Gasteiger partial charge is 0.235 e. The van der Waals surface area contributed by atoms with Crippen molar-refractivity contribution in [1.82, 2.24) is 4.98 Å². The molecule has 23 heavy (non-hydrogen) atoms. The van der Waals surface area contributed by atoms with Crippen molar-refractivity contribution in [3.8, 4) is 11.5 Å². The molecule has 3 rings (SSSR count). The summed E-state index contributed by atoms with van der Waals surface area (Å²) in [5.74, 6) is 0.453. The minimum Gasteiger partial charge on any atom is -0.445 e. The van der Waals surface area contributed by atoms with Crippen LogP contribution < -0.4 is 4.72 Å². The number of benzene rings is 1. The molecule has 1 fully saturated rings. The fourth-order valence-corrected chi connectivity index (χ4v) is 4.00. The summed E-state index contributed by atoms with van der Waals surface area (Å²) in [5, 5.41) is 0. The van der Waals surface area contributed by atoms with Gasteiger partial charge in [-0.05, 0) is 43.9 Å². The number of rotatable bonds is 5. The number of sulfonamides is 1. The summed E-state index contributed by atoms with van der Waals surface area (Å²) in [6.07, 6.45) is 5.63. The molecule has 1 saturated heterocycles. The average molecular weight is 336 g/mol. The molecule has 0 saturated carbocycles. The normalized spacial score (nSPS) is 18.7. The Morgan fingerprint density at radius 3 is 2.91 bits per heavy atom. The molecule has 1 aromatic carbocycles. The molecule has 1 aliphatic heterocycles. The minimum atomic E-state index is -3.46. The molecule has 2 heterocycles. The van der Waals surface area contributed by atoms with E-state index in [4.69, 9.17) is 9.15 Å². The second-order valence-corrected chi connectivity index (χ2v) is 7.51. The van der Waals surface area contributed by atoms with Gasteiger partial charge in [-0.3, -0.25) is 4.72 Å². The lowest BCUT2D eigenvalue weighted by atomic mass is 10.1. The number of anilines is 1. The summed E-state index contributed by atoms with van der Waals surface area (Å²) in [5.41, 5.74) is 2.23. The third-order valence-corrected chi connectivity index (χ3v) is 5.21. The SMILES string of the molecule is Cc1ccc(NS(=O)(=O)C[C@@H]2CCCCO2)cc1-c1ncco1. The number of hydrogen-bond acceptors (Lipinski definition) is 5. The van der Waals surface area contributed by atoms with Crippen LogP contribution in [0.25, 0.3) is 11.5 Å². The van der Waals surface area contributed by atoms with Gasteiger partial charge in [0, 0.05) is 17.9 Å². The summed E-state index contributed by atoms with van der Waals surface area (Å²) >= 11 is 0. The maximum atomic E-state index is 12.3. The number of oxazole rings is 1. The highest BCUT2D eigenvalue weighted by Gasteiger charge is 2.22. The molecule has 1 aromatic heterocycles. The van der Waals surface area contributed by atoms with Gasteiger partial charge in [0.05, 0.1) is 18.1 Å². The fourth-order valence-electron chi connectivity index (χ4n) is 2.68. The Morgan fingerprint density at radius 1 is 1.35 bits per heavy atom. The van der Waals surface area contributed by atoms with E-state index < -0.39 is 10.0 Å². The Kier molecular flexibility index (Phi) is 4.68. The Balaban J connectivity index is 1.75. The van der Waals surface area contributed by atoms with E-state index in [-0.39, 0.29) is 11.9 Å². The van der Waals surface area contributed by atoms with Gasteiger partial charge in [-0.15, -0.1) is 0 Å². The van der Waals surface area contributed by atoms with E-state index in [1.807, 2.05) is 13.0 Å². The number of ether oxygens (including phenoxy) is 1. The zero-order valence-corrected chi connectivity index (χ0v) is 13.8. The maximum Gasteiger partial charge on any atom is 0.235 e. The Bertz CT molecular complexity index is 750. The summed E-state index contributed by atoms with van der Waals surface area (Å²) in [6.45, 7) is 2.56. The molecule has 1 atom stereocenters. The minimum absolute atomic E-state index is 0.0186. The molecule has 7 heteroatoms. The summed E-state index contributed by atoms with van der Waals surface area (Å²) < 4.78 is 38.1. The maximum absolute atomic E-state index is 12.3. The van der Waals surface area contributed by atoms with Gasteiger partial charge >= 0.3 is 0 Å². The van der Waals surface area contributed by atoms with Crippen molar-refractivity contribution in [2.75, 3.05) is 17.1 Å². The van der Waals surface area contributed by atoms with E-state index in [2.05, 4.69) is 9.71 Å². The van der Waals surface area contributed by atoms with Crippen molar-refractivity contribution in [3.63, 3.8) is 0 Å². The third kappa shape index (κ3) is 4.11. The summed E-state index contributed by atoms with van der Waals surface area (Å²) in [7, 11) is -3.46.